The normalized spacial score (nSPS) is 18.6. The lowest BCUT2D eigenvalue weighted by Crippen LogP contribution is -2.37. The highest BCUT2D eigenvalue weighted by Gasteiger charge is 2.26. The molecule has 1 amide bonds. The molecule has 2 aliphatic rings. The second kappa shape index (κ2) is 13.1. The largest absolute Gasteiger partial charge is 0.487 e. The van der Waals surface area contributed by atoms with Gasteiger partial charge in [0, 0.05) is 50.7 Å². The van der Waals surface area contributed by atoms with Crippen LogP contribution < -0.4 is 4.74 Å². The van der Waals surface area contributed by atoms with Crippen LogP contribution in [0.1, 0.15) is 57.4 Å². The SMILES string of the molecule is CCCCc1cc(O[C@@H]2CCN(CCC(=O)N3CCCCC3)C2)c2ncccc2c1.O=CO. The van der Waals surface area contributed by atoms with Gasteiger partial charge in [-0.25, -0.2) is 0 Å². The zero-order chi connectivity index (χ0) is 23.5. The number of carboxylic acid groups (broad SMARTS) is 1. The summed E-state index contributed by atoms with van der Waals surface area (Å²) in [4.78, 5) is 29.8. The highest BCUT2D eigenvalue weighted by Crippen LogP contribution is 2.29. The number of likely N-dealkylation sites (tertiary alicyclic amines) is 2. The molecule has 3 heterocycles. The molecule has 0 radical (unpaired) electrons. The Hall–Kier alpha value is -2.67. The quantitative estimate of drug-likeness (QED) is 0.603. The molecule has 0 unspecified atom stereocenters. The summed E-state index contributed by atoms with van der Waals surface area (Å²) in [5.74, 6) is 1.23. The molecule has 2 aliphatic heterocycles. The minimum absolute atomic E-state index is 0.168. The van der Waals surface area contributed by atoms with E-state index in [0.29, 0.717) is 12.3 Å². The number of benzene rings is 1. The van der Waals surface area contributed by atoms with Gasteiger partial charge in [-0.2, -0.15) is 0 Å². The minimum atomic E-state index is -0.250. The highest BCUT2D eigenvalue weighted by atomic mass is 16.5. The van der Waals surface area contributed by atoms with Crippen LogP contribution in [0.15, 0.2) is 30.5 Å². The molecule has 180 valence electrons. The van der Waals surface area contributed by atoms with E-state index in [-0.39, 0.29) is 12.6 Å². The first-order valence-electron chi connectivity index (χ1n) is 12.3. The zero-order valence-electron chi connectivity index (χ0n) is 19.7. The number of hydrogen-bond donors (Lipinski definition) is 1. The topological polar surface area (TPSA) is 83.0 Å². The summed E-state index contributed by atoms with van der Waals surface area (Å²) in [6.07, 6.45) is 10.7. The first kappa shape index (κ1) is 25.0. The van der Waals surface area contributed by atoms with E-state index >= 15 is 0 Å². The lowest BCUT2D eigenvalue weighted by atomic mass is 10.0. The second-order valence-electron chi connectivity index (χ2n) is 8.90. The molecular weight excluding hydrogens is 418 g/mol. The number of pyridine rings is 1. The van der Waals surface area contributed by atoms with Crippen molar-refractivity contribution < 1.29 is 19.4 Å². The predicted molar refractivity (Wildman–Crippen MR) is 130 cm³/mol. The van der Waals surface area contributed by atoms with Crippen molar-refractivity contribution >= 4 is 23.3 Å². The Kier molecular flexibility index (Phi) is 9.94. The van der Waals surface area contributed by atoms with E-state index in [0.717, 1.165) is 75.1 Å². The van der Waals surface area contributed by atoms with Crippen molar-refractivity contribution in [3.05, 3.63) is 36.0 Å². The minimum Gasteiger partial charge on any atom is -0.487 e. The summed E-state index contributed by atoms with van der Waals surface area (Å²) in [7, 11) is 0. The Morgan fingerprint density at radius 2 is 2.03 bits per heavy atom. The van der Waals surface area contributed by atoms with Crippen LogP contribution in [0.2, 0.25) is 0 Å². The van der Waals surface area contributed by atoms with Crippen LogP contribution in [0, 0.1) is 0 Å². The Morgan fingerprint density at radius 1 is 1.24 bits per heavy atom. The van der Waals surface area contributed by atoms with E-state index in [1.807, 2.05) is 17.2 Å². The molecule has 1 aromatic heterocycles. The number of rotatable bonds is 8. The Morgan fingerprint density at radius 3 is 2.79 bits per heavy atom. The molecular formula is C26H37N3O4. The van der Waals surface area contributed by atoms with Crippen LogP contribution in [0.25, 0.3) is 10.9 Å². The molecule has 2 aromatic rings. The Labute approximate surface area is 196 Å². The van der Waals surface area contributed by atoms with Crippen LogP contribution in [-0.4, -0.2) is 71.1 Å². The van der Waals surface area contributed by atoms with E-state index in [4.69, 9.17) is 14.6 Å². The number of unbranched alkanes of at least 4 members (excludes halogenated alkanes) is 1. The molecule has 7 nitrogen and oxygen atoms in total. The molecule has 2 saturated heterocycles. The fraction of sp³-hybridized carbons (Fsp3) is 0.577. The number of aromatic nitrogens is 1. The van der Waals surface area contributed by atoms with Gasteiger partial charge in [0.2, 0.25) is 5.91 Å². The third kappa shape index (κ3) is 7.42. The number of hydrogen-bond acceptors (Lipinski definition) is 5. The summed E-state index contributed by atoms with van der Waals surface area (Å²) in [6, 6.07) is 8.55. The van der Waals surface area contributed by atoms with E-state index in [9.17, 15) is 4.79 Å². The van der Waals surface area contributed by atoms with Crippen molar-refractivity contribution in [2.75, 3.05) is 32.7 Å². The van der Waals surface area contributed by atoms with E-state index in [1.54, 1.807) is 0 Å². The number of amides is 1. The van der Waals surface area contributed by atoms with Gasteiger partial charge in [-0.15, -0.1) is 0 Å². The van der Waals surface area contributed by atoms with Crippen molar-refractivity contribution in [2.45, 2.75) is 64.4 Å². The van der Waals surface area contributed by atoms with Gasteiger partial charge in [0.25, 0.3) is 6.47 Å². The molecule has 4 rings (SSSR count). The molecule has 2 fully saturated rings. The second-order valence-corrected chi connectivity index (χ2v) is 8.90. The molecule has 1 atom stereocenters. The van der Waals surface area contributed by atoms with E-state index in [2.05, 4.69) is 35.0 Å². The van der Waals surface area contributed by atoms with Gasteiger partial charge < -0.3 is 14.7 Å². The summed E-state index contributed by atoms with van der Waals surface area (Å²) >= 11 is 0. The smallest absolute Gasteiger partial charge is 0.290 e. The van der Waals surface area contributed by atoms with Gasteiger partial charge in [0.05, 0.1) is 0 Å². The Balaban J connectivity index is 0.000000968. The van der Waals surface area contributed by atoms with Gasteiger partial charge in [-0.1, -0.05) is 19.4 Å². The highest BCUT2D eigenvalue weighted by molar-refractivity contribution is 5.85. The third-order valence-electron chi connectivity index (χ3n) is 6.42. The maximum absolute atomic E-state index is 12.5. The van der Waals surface area contributed by atoms with Crippen molar-refractivity contribution in [3.63, 3.8) is 0 Å². The summed E-state index contributed by atoms with van der Waals surface area (Å²) in [5.41, 5.74) is 2.28. The van der Waals surface area contributed by atoms with Gasteiger partial charge >= 0.3 is 0 Å². The first-order valence-corrected chi connectivity index (χ1v) is 12.3. The van der Waals surface area contributed by atoms with Crippen LogP contribution in [0.4, 0.5) is 0 Å². The van der Waals surface area contributed by atoms with Crippen molar-refractivity contribution in [1.82, 2.24) is 14.8 Å². The molecule has 0 spiro atoms. The maximum Gasteiger partial charge on any atom is 0.290 e. The van der Waals surface area contributed by atoms with E-state index in [1.165, 1.54) is 24.8 Å². The molecule has 0 aliphatic carbocycles. The molecule has 33 heavy (non-hydrogen) atoms. The lowest BCUT2D eigenvalue weighted by molar-refractivity contribution is -0.132. The fourth-order valence-corrected chi connectivity index (χ4v) is 4.66. The van der Waals surface area contributed by atoms with Crippen molar-refractivity contribution in [3.8, 4) is 5.75 Å². The number of aryl methyl sites for hydroxylation is 1. The van der Waals surface area contributed by atoms with Gasteiger partial charge in [0.15, 0.2) is 0 Å². The van der Waals surface area contributed by atoms with Crippen LogP contribution in [0.5, 0.6) is 5.75 Å². The van der Waals surface area contributed by atoms with Crippen molar-refractivity contribution in [1.29, 1.82) is 0 Å². The lowest BCUT2D eigenvalue weighted by Gasteiger charge is -2.27. The summed E-state index contributed by atoms with van der Waals surface area (Å²) < 4.78 is 6.46. The van der Waals surface area contributed by atoms with Gasteiger partial charge in [-0.3, -0.25) is 19.5 Å². The summed E-state index contributed by atoms with van der Waals surface area (Å²) in [5, 5.41) is 8.04. The third-order valence-corrected chi connectivity index (χ3v) is 6.42. The number of ether oxygens (including phenoxy) is 1. The number of piperidine rings is 1. The van der Waals surface area contributed by atoms with Crippen molar-refractivity contribution in [2.24, 2.45) is 0 Å². The van der Waals surface area contributed by atoms with E-state index < -0.39 is 0 Å². The van der Waals surface area contributed by atoms with Crippen LogP contribution in [0.3, 0.4) is 0 Å². The summed E-state index contributed by atoms with van der Waals surface area (Å²) in [6.45, 7) is 6.59. The van der Waals surface area contributed by atoms with Crippen LogP contribution >= 0.6 is 0 Å². The molecule has 7 heteroatoms. The predicted octanol–water partition coefficient (Wildman–Crippen LogP) is 4.13. The monoisotopic (exact) mass is 455 g/mol. The average Bonchev–Trinajstić information content (AvgIpc) is 3.29. The average molecular weight is 456 g/mol. The molecule has 0 saturated carbocycles. The zero-order valence-corrected chi connectivity index (χ0v) is 19.7. The fourth-order valence-electron chi connectivity index (χ4n) is 4.66. The number of carbonyl (C=O) groups is 2. The number of carbonyl (C=O) groups excluding carboxylic acids is 1. The number of nitrogens with zero attached hydrogens (tertiary/aromatic N) is 3. The van der Waals surface area contributed by atoms with Crippen LogP contribution in [-0.2, 0) is 16.0 Å². The first-order chi connectivity index (χ1) is 16.1. The number of fused-ring (bicyclic) bond motifs is 1. The molecule has 0 bridgehead atoms. The van der Waals surface area contributed by atoms with Gasteiger partial charge in [0.1, 0.15) is 17.4 Å². The Bertz CT molecular complexity index is 898. The van der Waals surface area contributed by atoms with Gasteiger partial charge in [-0.05, 0) is 62.3 Å². The maximum atomic E-state index is 12.5. The standard InChI is InChI=1S/C25H35N3O2.CH2O2/c1-2-3-8-20-17-21-9-7-12-26-25(21)23(18-20)30-22-10-15-27(19-22)16-11-24(29)28-13-5-4-6-14-28;2-1-3/h7,9,12,17-18,22H,2-6,8,10-11,13-16,19H2,1H3;1H,(H,2,3)/t22-;/m1./s1. The molecule has 1 N–H and O–H groups in total. The molecule has 1 aromatic carbocycles.